The highest BCUT2D eigenvalue weighted by molar-refractivity contribution is 5.63. The van der Waals surface area contributed by atoms with Gasteiger partial charge in [-0.3, -0.25) is 4.57 Å². The first kappa shape index (κ1) is 13.1. The number of fused-ring (bicyclic) bond motifs is 1. The van der Waals surface area contributed by atoms with E-state index in [1.165, 1.54) is 5.56 Å². The van der Waals surface area contributed by atoms with Crippen LogP contribution in [0.15, 0.2) is 35.1 Å². The Hall–Kier alpha value is -2.56. The number of aromatic nitrogens is 3. The van der Waals surface area contributed by atoms with Crippen molar-refractivity contribution in [3.05, 3.63) is 47.6 Å². The van der Waals surface area contributed by atoms with Crippen molar-refractivity contribution in [1.82, 2.24) is 14.7 Å². The molecule has 0 spiro atoms. The van der Waals surface area contributed by atoms with Gasteiger partial charge in [-0.15, -0.1) is 0 Å². The minimum Gasteiger partial charge on any atom is -0.490 e. The number of hydrogen-bond acceptors (Lipinski definition) is 4. The van der Waals surface area contributed by atoms with Crippen molar-refractivity contribution in [2.75, 3.05) is 0 Å². The van der Waals surface area contributed by atoms with Gasteiger partial charge < -0.3 is 9.26 Å². The van der Waals surface area contributed by atoms with Crippen LogP contribution in [0.4, 0.5) is 0 Å². The molecule has 22 heavy (non-hydrogen) atoms. The number of hydrogen-bond donors (Lipinski definition) is 0. The minimum absolute atomic E-state index is 0.245. The molecule has 4 rings (SSSR count). The van der Waals surface area contributed by atoms with E-state index in [9.17, 15) is 0 Å². The van der Waals surface area contributed by atoms with Gasteiger partial charge in [-0.1, -0.05) is 5.16 Å². The molecule has 0 saturated heterocycles. The summed E-state index contributed by atoms with van der Waals surface area (Å²) in [5.74, 6) is 2.61. The third-order valence-corrected chi connectivity index (χ3v) is 4.06. The molecule has 0 amide bonds. The number of imidazole rings is 1. The van der Waals surface area contributed by atoms with Gasteiger partial charge in [0.05, 0.1) is 11.3 Å². The Morgan fingerprint density at radius 2 is 2.14 bits per heavy atom. The zero-order valence-electron chi connectivity index (χ0n) is 12.8. The molecule has 1 unspecified atom stereocenters. The van der Waals surface area contributed by atoms with Crippen LogP contribution in [0.2, 0.25) is 0 Å². The lowest BCUT2D eigenvalue weighted by molar-refractivity contribution is 0.254. The van der Waals surface area contributed by atoms with E-state index in [0.29, 0.717) is 0 Å². The SMILES string of the molecule is Cc1noc(C)c1-c1nccn1-c1ccc2c(c1)CC(C)O2. The first-order valence-electron chi connectivity index (χ1n) is 7.40. The lowest BCUT2D eigenvalue weighted by Gasteiger charge is -2.09. The highest BCUT2D eigenvalue weighted by Crippen LogP contribution is 2.33. The van der Waals surface area contributed by atoms with E-state index in [-0.39, 0.29) is 6.10 Å². The van der Waals surface area contributed by atoms with Crippen LogP contribution in [0, 0.1) is 13.8 Å². The van der Waals surface area contributed by atoms with Crippen molar-refractivity contribution in [2.24, 2.45) is 0 Å². The predicted octanol–water partition coefficient (Wildman–Crippen LogP) is 3.47. The summed E-state index contributed by atoms with van der Waals surface area (Å²) in [7, 11) is 0. The molecule has 0 radical (unpaired) electrons. The summed E-state index contributed by atoms with van der Waals surface area (Å²) in [6.45, 7) is 5.93. The van der Waals surface area contributed by atoms with Gasteiger partial charge in [0.2, 0.25) is 0 Å². The van der Waals surface area contributed by atoms with E-state index < -0.39 is 0 Å². The second kappa shape index (κ2) is 4.73. The van der Waals surface area contributed by atoms with Crippen LogP contribution >= 0.6 is 0 Å². The topological polar surface area (TPSA) is 53.1 Å². The van der Waals surface area contributed by atoms with Gasteiger partial charge in [-0.2, -0.15) is 0 Å². The maximum atomic E-state index is 5.77. The number of aryl methyl sites for hydroxylation is 2. The van der Waals surface area contributed by atoms with Gasteiger partial charge in [-0.25, -0.2) is 4.98 Å². The highest BCUT2D eigenvalue weighted by Gasteiger charge is 2.21. The van der Waals surface area contributed by atoms with Crippen molar-refractivity contribution in [3.63, 3.8) is 0 Å². The Labute approximate surface area is 128 Å². The molecule has 0 N–H and O–H groups in total. The van der Waals surface area contributed by atoms with Crippen LogP contribution < -0.4 is 4.74 Å². The zero-order valence-corrected chi connectivity index (χ0v) is 12.8. The van der Waals surface area contributed by atoms with Gasteiger partial charge in [0.25, 0.3) is 0 Å². The van der Waals surface area contributed by atoms with Crippen LogP contribution in [0.5, 0.6) is 5.75 Å². The van der Waals surface area contributed by atoms with E-state index in [2.05, 4.69) is 33.8 Å². The summed E-state index contributed by atoms with van der Waals surface area (Å²) >= 11 is 0. The molecule has 1 aromatic carbocycles. The van der Waals surface area contributed by atoms with E-state index in [4.69, 9.17) is 9.26 Å². The van der Waals surface area contributed by atoms with Gasteiger partial charge in [0.1, 0.15) is 23.4 Å². The number of ether oxygens (including phenoxy) is 1. The third kappa shape index (κ3) is 1.93. The standard InChI is InChI=1S/C17H17N3O2/c1-10-8-13-9-14(4-5-15(13)21-10)20-7-6-18-17(20)16-11(2)19-22-12(16)3/h4-7,9-10H,8H2,1-3H3. The second-order valence-corrected chi connectivity index (χ2v) is 5.74. The summed E-state index contributed by atoms with van der Waals surface area (Å²) in [5.41, 5.74) is 4.12. The monoisotopic (exact) mass is 295 g/mol. The number of rotatable bonds is 2. The molecule has 1 atom stereocenters. The van der Waals surface area contributed by atoms with Crippen molar-refractivity contribution in [3.8, 4) is 22.8 Å². The molecule has 0 aliphatic carbocycles. The number of benzene rings is 1. The van der Waals surface area contributed by atoms with E-state index in [1.807, 2.05) is 26.1 Å². The quantitative estimate of drug-likeness (QED) is 0.726. The van der Waals surface area contributed by atoms with Crippen LogP contribution in [-0.4, -0.2) is 20.8 Å². The van der Waals surface area contributed by atoms with Crippen molar-refractivity contribution in [2.45, 2.75) is 33.3 Å². The normalized spacial score (nSPS) is 16.6. The van der Waals surface area contributed by atoms with Gasteiger partial charge in [-0.05, 0) is 44.5 Å². The molecule has 5 heteroatoms. The van der Waals surface area contributed by atoms with Crippen LogP contribution in [-0.2, 0) is 6.42 Å². The average molecular weight is 295 g/mol. The molecule has 0 fully saturated rings. The summed E-state index contributed by atoms with van der Waals surface area (Å²) in [6, 6.07) is 6.26. The molecule has 5 nitrogen and oxygen atoms in total. The molecule has 0 saturated carbocycles. The van der Waals surface area contributed by atoms with E-state index in [1.54, 1.807) is 6.20 Å². The number of nitrogens with zero attached hydrogens (tertiary/aromatic N) is 3. The van der Waals surface area contributed by atoms with E-state index in [0.717, 1.165) is 40.7 Å². The summed E-state index contributed by atoms with van der Waals surface area (Å²) in [6.07, 6.45) is 4.95. The smallest absolute Gasteiger partial charge is 0.149 e. The zero-order chi connectivity index (χ0) is 15.3. The summed E-state index contributed by atoms with van der Waals surface area (Å²) < 4.78 is 13.1. The molecule has 112 valence electrons. The van der Waals surface area contributed by atoms with Crippen LogP contribution in [0.25, 0.3) is 17.1 Å². The summed E-state index contributed by atoms with van der Waals surface area (Å²) in [4.78, 5) is 4.50. The molecular formula is C17H17N3O2. The van der Waals surface area contributed by atoms with E-state index >= 15 is 0 Å². The largest absolute Gasteiger partial charge is 0.490 e. The Morgan fingerprint density at radius 1 is 1.27 bits per heavy atom. The maximum absolute atomic E-state index is 5.77. The van der Waals surface area contributed by atoms with Crippen molar-refractivity contribution < 1.29 is 9.26 Å². The predicted molar refractivity (Wildman–Crippen MR) is 82.3 cm³/mol. The highest BCUT2D eigenvalue weighted by atomic mass is 16.5. The molecule has 0 bridgehead atoms. The molecule has 3 aromatic rings. The van der Waals surface area contributed by atoms with Gasteiger partial charge in [0, 0.05) is 24.5 Å². The first-order valence-corrected chi connectivity index (χ1v) is 7.40. The van der Waals surface area contributed by atoms with Crippen LogP contribution in [0.1, 0.15) is 23.9 Å². The van der Waals surface area contributed by atoms with Crippen molar-refractivity contribution >= 4 is 0 Å². The van der Waals surface area contributed by atoms with Crippen molar-refractivity contribution in [1.29, 1.82) is 0 Å². The van der Waals surface area contributed by atoms with Gasteiger partial charge in [0.15, 0.2) is 0 Å². The molecule has 2 aromatic heterocycles. The maximum Gasteiger partial charge on any atom is 0.149 e. The lowest BCUT2D eigenvalue weighted by atomic mass is 10.1. The second-order valence-electron chi connectivity index (χ2n) is 5.74. The fraction of sp³-hybridized carbons (Fsp3) is 0.294. The van der Waals surface area contributed by atoms with Crippen LogP contribution in [0.3, 0.4) is 0 Å². The Bertz CT molecular complexity index is 828. The fourth-order valence-electron chi connectivity index (χ4n) is 3.06. The molecule has 1 aliphatic rings. The lowest BCUT2D eigenvalue weighted by Crippen LogP contribution is -2.05. The average Bonchev–Trinajstić information content (AvgIpc) is 3.16. The fourth-order valence-corrected chi connectivity index (χ4v) is 3.06. The first-order chi connectivity index (χ1) is 10.6. The van der Waals surface area contributed by atoms with Gasteiger partial charge >= 0.3 is 0 Å². The Kier molecular flexibility index (Phi) is 2.82. The molecule has 3 heterocycles. The third-order valence-electron chi connectivity index (χ3n) is 4.06. The molecular weight excluding hydrogens is 278 g/mol. The Morgan fingerprint density at radius 3 is 2.91 bits per heavy atom. The summed E-state index contributed by atoms with van der Waals surface area (Å²) in [5, 5.41) is 4.03. The molecule has 1 aliphatic heterocycles. The Balaban J connectivity index is 1.83. The minimum atomic E-state index is 0.245.